The molecule has 2 amide bonds. The number of amides is 2. The Morgan fingerprint density at radius 3 is 2.58 bits per heavy atom. The van der Waals surface area contributed by atoms with Gasteiger partial charge >= 0.3 is 5.97 Å². The lowest BCUT2D eigenvalue weighted by Crippen LogP contribution is -2.41. The first kappa shape index (κ1) is 18.1. The molecule has 1 aromatic carbocycles. The molecule has 1 aromatic heterocycles. The van der Waals surface area contributed by atoms with Gasteiger partial charge in [0.15, 0.2) is 0 Å². The van der Waals surface area contributed by atoms with Gasteiger partial charge in [0.25, 0.3) is 5.91 Å². The number of nitrogens with one attached hydrogen (secondary N) is 1. The molecule has 0 aliphatic carbocycles. The second kappa shape index (κ2) is 8.14. The fourth-order valence-corrected chi connectivity index (χ4v) is 3.68. The van der Waals surface area contributed by atoms with E-state index in [0.717, 1.165) is 4.88 Å². The minimum absolute atomic E-state index is 0.0321. The number of methoxy groups -OCH3 is 1. The van der Waals surface area contributed by atoms with E-state index >= 15 is 0 Å². The van der Waals surface area contributed by atoms with Crippen LogP contribution in [0.15, 0.2) is 41.8 Å². The normalized spacial score (nSPS) is 14.7. The average Bonchev–Trinajstić information content (AvgIpc) is 3.22. The Labute approximate surface area is 155 Å². The summed E-state index contributed by atoms with van der Waals surface area (Å²) in [5, 5.41) is 4.74. The molecule has 1 fully saturated rings. The van der Waals surface area contributed by atoms with Crippen molar-refractivity contribution in [3.8, 4) is 0 Å². The van der Waals surface area contributed by atoms with Crippen LogP contribution in [-0.4, -0.2) is 42.9 Å². The number of nitrogens with zero attached hydrogens (tertiary/aromatic N) is 1. The lowest BCUT2D eigenvalue weighted by atomic mass is 9.95. The number of esters is 1. The molecule has 0 spiro atoms. The minimum atomic E-state index is -0.443. The second-order valence-corrected chi connectivity index (χ2v) is 7.05. The summed E-state index contributed by atoms with van der Waals surface area (Å²) in [5.74, 6) is -0.648. The predicted octanol–water partition coefficient (Wildman–Crippen LogP) is 3.03. The fraction of sp³-hybridized carbons (Fsp3) is 0.316. The Balaban J connectivity index is 1.56. The van der Waals surface area contributed by atoms with E-state index in [-0.39, 0.29) is 17.7 Å². The number of ether oxygens (including phenoxy) is 1. The number of rotatable bonds is 4. The molecule has 0 saturated carbocycles. The molecule has 2 heterocycles. The number of piperidine rings is 1. The topological polar surface area (TPSA) is 75.7 Å². The molecule has 7 heteroatoms. The summed E-state index contributed by atoms with van der Waals surface area (Å²) in [6.45, 7) is 1.13. The summed E-state index contributed by atoms with van der Waals surface area (Å²) in [7, 11) is 1.32. The third-order valence-corrected chi connectivity index (χ3v) is 5.29. The van der Waals surface area contributed by atoms with Gasteiger partial charge in [-0.1, -0.05) is 12.1 Å². The van der Waals surface area contributed by atoms with Crippen LogP contribution in [0.2, 0.25) is 0 Å². The molecule has 6 nitrogen and oxygen atoms in total. The number of thiophene rings is 1. The smallest absolute Gasteiger partial charge is 0.337 e. The van der Waals surface area contributed by atoms with Crippen LogP contribution < -0.4 is 5.32 Å². The maximum absolute atomic E-state index is 12.5. The van der Waals surface area contributed by atoms with Crippen molar-refractivity contribution in [3.05, 3.63) is 52.2 Å². The molecular weight excluding hydrogens is 352 g/mol. The highest BCUT2D eigenvalue weighted by Crippen LogP contribution is 2.22. The van der Waals surface area contributed by atoms with E-state index in [9.17, 15) is 14.4 Å². The summed E-state index contributed by atoms with van der Waals surface area (Å²) < 4.78 is 4.69. The monoisotopic (exact) mass is 372 g/mol. The van der Waals surface area contributed by atoms with Gasteiger partial charge in [-0.05, 0) is 42.5 Å². The molecule has 26 heavy (non-hydrogen) atoms. The van der Waals surface area contributed by atoms with Crippen molar-refractivity contribution in [2.45, 2.75) is 12.8 Å². The van der Waals surface area contributed by atoms with E-state index in [1.807, 2.05) is 17.5 Å². The van der Waals surface area contributed by atoms with Gasteiger partial charge in [0, 0.05) is 24.7 Å². The zero-order chi connectivity index (χ0) is 18.5. The first-order chi connectivity index (χ1) is 12.6. The highest BCUT2D eigenvalue weighted by atomic mass is 32.1. The third-order valence-electron chi connectivity index (χ3n) is 4.44. The van der Waals surface area contributed by atoms with Gasteiger partial charge in [0.1, 0.15) is 0 Å². The molecule has 3 rings (SSSR count). The van der Waals surface area contributed by atoms with Crippen molar-refractivity contribution in [3.63, 3.8) is 0 Å². The first-order valence-electron chi connectivity index (χ1n) is 8.40. The van der Waals surface area contributed by atoms with Crippen LogP contribution in [0.1, 0.15) is 32.9 Å². The summed E-state index contributed by atoms with van der Waals surface area (Å²) in [5.41, 5.74) is 0.955. The molecule has 136 valence electrons. The Kier molecular flexibility index (Phi) is 5.68. The average molecular weight is 372 g/mol. The number of anilines is 1. The summed E-state index contributed by atoms with van der Waals surface area (Å²) in [4.78, 5) is 39.0. The number of benzene rings is 1. The van der Waals surface area contributed by atoms with Gasteiger partial charge in [0.05, 0.1) is 17.6 Å². The van der Waals surface area contributed by atoms with Crippen LogP contribution in [-0.2, 0) is 9.53 Å². The van der Waals surface area contributed by atoms with E-state index in [4.69, 9.17) is 0 Å². The predicted molar refractivity (Wildman–Crippen MR) is 99.4 cm³/mol. The Morgan fingerprint density at radius 2 is 1.92 bits per heavy atom. The number of hydrogen-bond donors (Lipinski definition) is 1. The van der Waals surface area contributed by atoms with Crippen molar-refractivity contribution in [2.75, 3.05) is 25.5 Å². The number of hydrogen-bond acceptors (Lipinski definition) is 5. The Hall–Kier alpha value is -2.67. The summed E-state index contributed by atoms with van der Waals surface area (Å²) in [6, 6.07) is 10.3. The molecule has 0 unspecified atom stereocenters. The number of carbonyl (C=O) groups is 3. The molecule has 0 bridgehead atoms. The van der Waals surface area contributed by atoms with Crippen molar-refractivity contribution in [1.82, 2.24) is 4.90 Å². The van der Waals surface area contributed by atoms with Gasteiger partial charge in [-0.2, -0.15) is 0 Å². The molecule has 2 aromatic rings. The number of carbonyl (C=O) groups excluding carboxylic acids is 3. The van der Waals surface area contributed by atoms with Gasteiger partial charge in [-0.15, -0.1) is 11.3 Å². The van der Waals surface area contributed by atoms with Crippen molar-refractivity contribution in [2.24, 2.45) is 5.92 Å². The van der Waals surface area contributed by atoms with Crippen molar-refractivity contribution < 1.29 is 19.1 Å². The summed E-state index contributed by atoms with van der Waals surface area (Å²) >= 11 is 1.43. The van der Waals surface area contributed by atoms with Gasteiger partial charge < -0.3 is 15.0 Å². The Bertz CT molecular complexity index is 796. The quantitative estimate of drug-likeness (QED) is 0.837. The van der Waals surface area contributed by atoms with Crippen molar-refractivity contribution >= 4 is 34.8 Å². The Morgan fingerprint density at radius 1 is 1.15 bits per heavy atom. The van der Waals surface area contributed by atoms with Crippen molar-refractivity contribution in [1.29, 1.82) is 0 Å². The van der Waals surface area contributed by atoms with E-state index in [0.29, 0.717) is 37.2 Å². The second-order valence-electron chi connectivity index (χ2n) is 6.11. The lowest BCUT2D eigenvalue weighted by molar-refractivity contribution is -0.121. The van der Waals surface area contributed by atoms with Gasteiger partial charge in [-0.25, -0.2) is 4.79 Å². The van der Waals surface area contributed by atoms with E-state index in [1.54, 1.807) is 29.2 Å². The summed E-state index contributed by atoms with van der Waals surface area (Å²) in [6.07, 6.45) is 1.25. The van der Waals surface area contributed by atoms with Gasteiger partial charge in [-0.3, -0.25) is 9.59 Å². The molecule has 1 aliphatic rings. The minimum Gasteiger partial charge on any atom is -0.465 e. The zero-order valence-electron chi connectivity index (χ0n) is 14.4. The molecular formula is C19H20N2O4S. The zero-order valence-corrected chi connectivity index (χ0v) is 15.3. The van der Waals surface area contributed by atoms with E-state index < -0.39 is 5.97 Å². The van der Waals surface area contributed by atoms with Crippen LogP contribution in [0.25, 0.3) is 0 Å². The molecule has 0 radical (unpaired) electrons. The van der Waals surface area contributed by atoms with Crippen LogP contribution in [0, 0.1) is 5.92 Å². The van der Waals surface area contributed by atoms with Crippen LogP contribution in [0.4, 0.5) is 5.69 Å². The van der Waals surface area contributed by atoms with Gasteiger partial charge in [0.2, 0.25) is 5.91 Å². The molecule has 1 saturated heterocycles. The number of likely N-dealkylation sites (tertiary alicyclic amines) is 1. The maximum Gasteiger partial charge on any atom is 0.337 e. The highest BCUT2D eigenvalue weighted by Gasteiger charge is 2.28. The SMILES string of the molecule is COC(=O)c1cccc(NC(=O)C2CCN(C(=O)c3cccs3)CC2)c1. The maximum atomic E-state index is 12.5. The van der Waals surface area contributed by atoms with Crippen LogP contribution in [0.3, 0.4) is 0 Å². The first-order valence-corrected chi connectivity index (χ1v) is 9.28. The highest BCUT2D eigenvalue weighted by molar-refractivity contribution is 7.12. The molecule has 0 atom stereocenters. The largest absolute Gasteiger partial charge is 0.465 e. The van der Waals surface area contributed by atoms with E-state index in [1.165, 1.54) is 18.4 Å². The van der Waals surface area contributed by atoms with E-state index in [2.05, 4.69) is 10.1 Å². The molecule has 1 N–H and O–H groups in total. The van der Waals surface area contributed by atoms with Crippen LogP contribution in [0.5, 0.6) is 0 Å². The standard InChI is InChI=1S/C19H20N2O4S/c1-25-19(24)14-4-2-5-15(12-14)20-17(22)13-7-9-21(10-8-13)18(23)16-6-3-11-26-16/h2-6,11-13H,7-10H2,1H3,(H,20,22). The third kappa shape index (κ3) is 4.11. The van der Waals surface area contributed by atoms with Crippen LogP contribution >= 0.6 is 11.3 Å². The fourth-order valence-electron chi connectivity index (χ4n) is 2.99. The molecule has 1 aliphatic heterocycles. The lowest BCUT2D eigenvalue weighted by Gasteiger charge is -2.31.